The van der Waals surface area contributed by atoms with Crippen molar-refractivity contribution in [1.82, 2.24) is 4.98 Å². The Morgan fingerprint density at radius 1 is 1.13 bits per heavy atom. The molecule has 0 saturated carbocycles. The molecule has 2 aliphatic heterocycles. The third-order valence-electron chi connectivity index (χ3n) is 5.64. The van der Waals surface area contributed by atoms with E-state index in [1.807, 2.05) is 18.2 Å². The Morgan fingerprint density at radius 3 is 2.68 bits per heavy atom. The van der Waals surface area contributed by atoms with Crippen molar-refractivity contribution in [3.63, 3.8) is 0 Å². The number of halogens is 1. The molecule has 3 aromatic rings. The fourth-order valence-electron chi connectivity index (χ4n) is 4.16. The topological polar surface area (TPSA) is 82.6 Å². The van der Waals surface area contributed by atoms with Crippen LogP contribution in [-0.2, 0) is 21.2 Å². The summed E-state index contributed by atoms with van der Waals surface area (Å²) in [6.07, 6.45) is 3.14. The molecule has 7 nitrogen and oxygen atoms in total. The van der Waals surface area contributed by atoms with Gasteiger partial charge in [0.1, 0.15) is 6.04 Å². The number of rotatable bonds is 5. The fraction of sp³-hybridized carbons (Fsp3) is 0.238. The highest BCUT2D eigenvalue weighted by Crippen LogP contribution is 2.36. The molecule has 0 unspecified atom stereocenters. The Hall–Kier alpha value is -2.62. The van der Waals surface area contributed by atoms with E-state index < -0.39 is 10.0 Å². The van der Waals surface area contributed by atoms with Crippen LogP contribution in [0.15, 0.2) is 58.9 Å². The van der Waals surface area contributed by atoms with Gasteiger partial charge in [-0.1, -0.05) is 17.7 Å². The SMILES string of the molecule is O=C1[C@@H](N2CCc3ccc(Cl)cc32)CCN1c1ccc(S(=O)(=O)Nc2nccs2)cc1. The Kier molecular flexibility index (Phi) is 5.11. The van der Waals surface area contributed by atoms with Crippen molar-refractivity contribution in [1.29, 1.82) is 0 Å². The van der Waals surface area contributed by atoms with Crippen molar-refractivity contribution in [2.75, 3.05) is 27.6 Å². The predicted molar refractivity (Wildman–Crippen MR) is 123 cm³/mol. The molecule has 0 spiro atoms. The summed E-state index contributed by atoms with van der Waals surface area (Å²) in [7, 11) is -3.72. The van der Waals surface area contributed by atoms with E-state index in [1.54, 1.807) is 22.4 Å². The van der Waals surface area contributed by atoms with Gasteiger partial charge in [0.25, 0.3) is 10.0 Å². The number of aromatic nitrogens is 1. The molecule has 0 radical (unpaired) electrons. The molecule has 0 bridgehead atoms. The normalized spacial score (nSPS) is 18.5. The molecule has 1 N–H and O–H groups in total. The maximum atomic E-state index is 13.2. The van der Waals surface area contributed by atoms with Crippen molar-refractivity contribution in [3.8, 4) is 0 Å². The smallest absolute Gasteiger partial charge is 0.263 e. The summed E-state index contributed by atoms with van der Waals surface area (Å²) in [5, 5.41) is 2.67. The van der Waals surface area contributed by atoms with Crippen LogP contribution in [0.25, 0.3) is 0 Å². The van der Waals surface area contributed by atoms with Crippen LogP contribution in [0, 0.1) is 0 Å². The van der Waals surface area contributed by atoms with Crippen molar-refractivity contribution >= 4 is 55.4 Å². The van der Waals surface area contributed by atoms with Gasteiger partial charge in [-0.05, 0) is 54.8 Å². The first-order chi connectivity index (χ1) is 14.9. The lowest BCUT2D eigenvalue weighted by Gasteiger charge is -2.26. The highest BCUT2D eigenvalue weighted by molar-refractivity contribution is 7.93. The van der Waals surface area contributed by atoms with Crippen LogP contribution in [0.3, 0.4) is 0 Å². The van der Waals surface area contributed by atoms with Crippen LogP contribution in [0.5, 0.6) is 0 Å². The Labute approximate surface area is 189 Å². The number of fused-ring (bicyclic) bond motifs is 1. The van der Waals surface area contributed by atoms with E-state index >= 15 is 0 Å². The molecular weight excluding hydrogens is 456 g/mol. The number of carbonyl (C=O) groups is 1. The molecule has 10 heteroatoms. The molecule has 1 atom stereocenters. The Morgan fingerprint density at radius 2 is 1.94 bits per heavy atom. The van der Waals surface area contributed by atoms with Gasteiger partial charge in [-0.3, -0.25) is 9.52 Å². The van der Waals surface area contributed by atoms with Crippen LogP contribution in [0.2, 0.25) is 5.02 Å². The van der Waals surface area contributed by atoms with E-state index in [4.69, 9.17) is 11.6 Å². The minimum atomic E-state index is -3.72. The summed E-state index contributed by atoms with van der Waals surface area (Å²) in [4.78, 5) is 21.1. The highest BCUT2D eigenvalue weighted by atomic mass is 35.5. The van der Waals surface area contributed by atoms with E-state index in [1.165, 1.54) is 35.2 Å². The second-order valence-corrected chi connectivity index (χ2v) is 10.5. The minimum absolute atomic E-state index is 0.0179. The van der Waals surface area contributed by atoms with Crippen molar-refractivity contribution in [2.45, 2.75) is 23.8 Å². The maximum Gasteiger partial charge on any atom is 0.263 e. The summed E-state index contributed by atoms with van der Waals surface area (Å²) in [5.74, 6) is 0.0179. The average Bonchev–Trinajstić information content (AvgIpc) is 3.48. The molecule has 1 aromatic heterocycles. The molecule has 1 fully saturated rings. The van der Waals surface area contributed by atoms with Crippen LogP contribution in [0.4, 0.5) is 16.5 Å². The Bertz CT molecular complexity index is 1230. The number of nitrogens with zero attached hydrogens (tertiary/aromatic N) is 3. The van der Waals surface area contributed by atoms with Crippen LogP contribution >= 0.6 is 22.9 Å². The number of amides is 1. The molecule has 0 aliphatic carbocycles. The van der Waals surface area contributed by atoms with Gasteiger partial charge in [-0.15, -0.1) is 11.3 Å². The molecule has 31 heavy (non-hydrogen) atoms. The van der Waals surface area contributed by atoms with Crippen LogP contribution in [0.1, 0.15) is 12.0 Å². The Balaban J connectivity index is 1.33. The zero-order valence-corrected chi connectivity index (χ0v) is 18.8. The van der Waals surface area contributed by atoms with E-state index in [2.05, 4.69) is 14.6 Å². The van der Waals surface area contributed by atoms with Crippen molar-refractivity contribution in [3.05, 3.63) is 64.6 Å². The highest BCUT2D eigenvalue weighted by Gasteiger charge is 2.39. The molecule has 2 aromatic carbocycles. The van der Waals surface area contributed by atoms with Crippen molar-refractivity contribution in [2.24, 2.45) is 0 Å². The quantitative estimate of drug-likeness (QED) is 0.608. The summed E-state index contributed by atoms with van der Waals surface area (Å²) in [6.45, 7) is 1.37. The molecule has 160 valence electrons. The summed E-state index contributed by atoms with van der Waals surface area (Å²) in [6, 6.07) is 12.0. The van der Waals surface area contributed by atoms with E-state index in [-0.39, 0.29) is 16.8 Å². The lowest BCUT2D eigenvalue weighted by atomic mass is 10.1. The molecule has 1 saturated heterocycles. The molecular formula is C21H19ClN4O3S2. The number of nitrogens with one attached hydrogen (secondary N) is 1. The molecule has 2 aliphatic rings. The van der Waals surface area contributed by atoms with Gasteiger partial charge in [-0.25, -0.2) is 13.4 Å². The van der Waals surface area contributed by atoms with Gasteiger partial charge >= 0.3 is 0 Å². The summed E-state index contributed by atoms with van der Waals surface area (Å²) >= 11 is 7.38. The summed E-state index contributed by atoms with van der Waals surface area (Å²) in [5.41, 5.74) is 2.92. The fourth-order valence-corrected chi connectivity index (χ4v) is 6.12. The maximum absolute atomic E-state index is 13.2. The second-order valence-electron chi connectivity index (χ2n) is 7.45. The van der Waals surface area contributed by atoms with Crippen molar-refractivity contribution < 1.29 is 13.2 Å². The van der Waals surface area contributed by atoms with Gasteiger partial charge in [-0.2, -0.15) is 0 Å². The summed E-state index contributed by atoms with van der Waals surface area (Å²) < 4.78 is 27.5. The van der Waals surface area contributed by atoms with Gasteiger partial charge in [0, 0.05) is 41.1 Å². The number of anilines is 3. The first kappa shape index (κ1) is 20.3. The second kappa shape index (κ2) is 7.81. The zero-order chi connectivity index (χ0) is 21.6. The molecule has 5 rings (SSSR count). The lowest BCUT2D eigenvalue weighted by Crippen LogP contribution is -2.41. The van der Waals surface area contributed by atoms with Gasteiger partial charge in [0.2, 0.25) is 5.91 Å². The molecule has 1 amide bonds. The first-order valence-corrected chi connectivity index (χ1v) is 12.6. The monoisotopic (exact) mass is 474 g/mol. The first-order valence-electron chi connectivity index (χ1n) is 9.81. The third kappa shape index (κ3) is 3.77. The number of hydrogen-bond acceptors (Lipinski definition) is 6. The minimum Gasteiger partial charge on any atom is -0.359 e. The van der Waals surface area contributed by atoms with Gasteiger partial charge in [0.05, 0.1) is 4.90 Å². The number of thiazole rings is 1. The standard InChI is InChI=1S/C21H19ClN4O3S2/c22-15-2-1-14-7-10-26(19(14)13-15)18-8-11-25(20(18)27)16-3-5-17(6-4-16)31(28,29)24-21-23-9-12-30-21/h1-6,9,12-13,18H,7-8,10-11H2,(H,23,24)/t18-/m0/s1. The van der Waals surface area contributed by atoms with Gasteiger partial charge < -0.3 is 9.80 Å². The van der Waals surface area contributed by atoms with E-state index in [9.17, 15) is 13.2 Å². The average molecular weight is 475 g/mol. The number of sulfonamides is 1. The number of hydrogen-bond donors (Lipinski definition) is 1. The number of carbonyl (C=O) groups excluding carboxylic acids is 1. The van der Waals surface area contributed by atoms with Gasteiger partial charge in [0.15, 0.2) is 5.13 Å². The van der Waals surface area contributed by atoms with E-state index in [0.717, 1.165) is 18.7 Å². The third-order valence-corrected chi connectivity index (χ3v) is 8.05. The largest absolute Gasteiger partial charge is 0.359 e. The zero-order valence-electron chi connectivity index (χ0n) is 16.4. The number of benzene rings is 2. The lowest BCUT2D eigenvalue weighted by molar-refractivity contribution is -0.118. The molecule has 3 heterocycles. The van der Waals surface area contributed by atoms with Crippen LogP contribution < -0.4 is 14.5 Å². The van der Waals surface area contributed by atoms with E-state index in [0.29, 0.717) is 28.8 Å². The predicted octanol–water partition coefficient (Wildman–Crippen LogP) is 3.77. The van der Waals surface area contributed by atoms with Crippen LogP contribution in [-0.4, -0.2) is 38.4 Å².